The van der Waals surface area contributed by atoms with E-state index in [1.165, 1.54) is 25.7 Å². The first-order valence-corrected chi connectivity index (χ1v) is 5.59. The maximum absolute atomic E-state index is 2.44. The summed E-state index contributed by atoms with van der Waals surface area (Å²) in [6, 6.07) is 0. The Balaban J connectivity index is 2.38. The molecule has 1 unspecified atom stereocenters. The van der Waals surface area contributed by atoms with Gasteiger partial charge in [-0.15, -0.1) is 0 Å². The van der Waals surface area contributed by atoms with Crippen molar-refractivity contribution in [2.45, 2.75) is 53.4 Å². The van der Waals surface area contributed by atoms with Gasteiger partial charge in [0.2, 0.25) is 0 Å². The highest BCUT2D eigenvalue weighted by molar-refractivity contribution is 4.76. The van der Waals surface area contributed by atoms with Crippen LogP contribution in [0.3, 0.4) is 0 Å². The average molecular weight is 168 g/mol. The molecule has 1 saturated carbocycles. The van der Waals surface area contributed by atoms with Gasteiger partial charge >= 0.3 is 0 Å². The molecule has 0 saturated heterocycles. The van der Waals surface area contributed by atoms with Crippen LogP contribution in [0.5, 0.6) is 0 Å². The Bertz CT molecular complexity index is 124. The fourth-order valence-electron chi connectivity index (χ4n) is 2.58. The Hall–Kier alpha value is 0. The van der Waals surface area contributed by atoms with Crippen molar-refractivity contribution in [1.82, 2.24) is 0 Å². The maximum atomic E-state index is 2.44. The van der Waals surface area contributed by atoms with Crippen molar-refractivity contribution in [3.05, 3.63) is 0 Å². The molecule has 0 bridgehead atoms. The zero-order valence-electron chi connectivity index (χ0n) is 9.14. The van der Waals surface area contributed by atoms with Gasteiger partial charge < -0.3 is 0 Å². The van der Waals surface area contributed by atoms with E-state index < -0.39 is 0 Å². The molecule has 0 amide bonds. The minimum absolute atomic E-state index is 0.891. The predicted molar refractivity (Wildman–Crippen MR) is 55.1 cm³/mol. The molecule has 1 aliphatic carbocycles. The smallest absolute Gasteiger partial charge is 0.0384 e. The lowest BCUT2D eigenvalue weighted by Gasteiger charge is -2.33. The largest absolute Gasteiger partial charge is 0.0628 e. The number of hydrogen-bond acceptors (Lipinski definition) is 0. The molecule has 3 atom stereocenters. The lowest BCUT2D eigenvalue weighted by molar-refractivity contribution is 0.177. The Morgan fingerprint density at radius 3 is 2.42 bits per heavy atom. The molecule has 1 aliphatic rings. The Labute approximate surface area is 77.7 Å². The fraction of sp³-hybridized carbons (Fsp3) is 1.00. The third-order valence-electron chi connectivity index (χ3n) is 3.40. The van der Waals surface area contributed by atoms with E-state index in [4.69, 9.17) is 0 Å². The highest BCUT2D eigenvalue weighted by Crippen LogP contribution is 2.36. The number of rotatable bonds is 2. The van der Waals surface area contributed by atoms with E-state index in [0.717, 1.165) is 23.7 Å². The van der Waals surface area contributed by atoms with E-state index in [-0.39, 0.29) is 0 Å². The molecule has 0 aromatic rings. The molecule has 0 spiro atoms. The van der Waals surface area contributed by atoms with Gasteiger partial charge in [0.05, 0.1) is 0 Å². The molecule has 0 nitrogen and oxygen atoms in total. The molecule has 0 N–H and O–H groups in total. The van der Waals surface area contributed by atoms with Crippen molar-refractivity contribution >= 4 is 0 Å². The van der Waals surface area contributed by atoms with Crippen LogP contribution in [-0.2, 0) is 0 Å². The van der Waals surface area contributed by atoms with Gasteiger partial charge in [-0.25, -0.2) is 0 Å². The normalized spacial score (nSPS) is 37.2. The van der Waals surface area contributed by atoms with Gasteiger partial charge in [0.15, 0.2) is 0 Å². The zero-order valence-corrected chi connectivity index (χ0v) is 9.14. The van der Waals surface area contributed by atoms with Crippen molar-refractivity contribution in [3.63, 3.8) is 0 Å². The van der Waals surface area contributed by atoms with Crippen LogP contribution in [0.1, 0.15) is 53.4 Å². The molecule has 0 aromatic carbocycles. The predicted octanol–water partition coefficient (Wildman–Crippen LogP) is 4.10. The molecule has 0 aliphatic heterocycles. The van der Waals surface area contributed by atoms with Crippen LogP contribution in [0, 0.1) is 23.7 Å². The summed E-state index contributed by atoms with van der Waals surface area (Å²) in [6.07, 6.45) is 5.87. The SMILES string of the molecule is CC(C)CC1C[C@H](C)CC[C@H]1C. The van der Waals surface area contributed by atoms with Crippen molar-refractivity contribution in [2.24, 2.45) is 23.7 Å². The molecule has 0 radical (unpaired) electrons. The Morgan fingerprint density at radius 1 is 1.17 bits per heavy atom. The van der Waals surface area contributed by atoms with Crippen LogP contribution >= 0.6 is 0 Å². The van der Waals surface area contributed by atoms with Crippen LogP contribution in [0.2, 0.25) is 0 Å². The van der Waals surface area contributed by atoms with E-state index in [9.17, 15) is 0 Å². The van der Waals surface area contributed by atoms with E-state index in [0.29, 0.717) is 0 Å². The van der Waals surface area contributed by atoms with Gasteiger partial charge in [0, 0.05) is 0 Å². The maximum Gasteiger partial charge on any atom is -0.0384 e. The first kappa shape index (κ1) is 10.1. The number of hydrogen-bond donors (Lipinski definition) is 0. The van der Waals surface area contributed by atoms with E-state index in [2.05, 4.69) is 27.7 Å². The topological polar surface area (TPSA) is 0 Å². The van der Waals surface area contributed by atoms with Crippen LogP contribution in [-0.4, -0.2) is 0 Å². The quantitative estimate of drug-likeness (QED) is 0.582. The highest BCUT2D eigenvalue weighted by atomic mass is 14.3. The minimum atomic E-state index is 0.891. The summed E-state index contributed by atoms with van der Waals surface area (Å²) in [5, 5.41) is 0. The average Bonchev–Trinajstić information content (AvgIpc) is 1.96. The monoisotopic (exact) mass is 168 g/mol. The second-order valence-electron chi connectivity index (χ2n) is 5.29. The molecule has 0 aromatic heterocycles. The lowest BCUT2D eigenvalue weighted by atomic mass is 9.72. The molecule has 1 rings (SSSR count). The van der Waals surface area contributed by atoms with Crippen molar-refractivity contribution in [3.8, 4) is 0 Å². The van der Waals surface area contributed by atoms with Crippen LogP contribution in [0.15, 0.2) is 0 Å². The summed E-state index contributed by atoms with van der Waals surface area (Å²) < 4.78 is 0. The van der Waals surface area contributed by atoms with Crippen molar-refractivity contribution < 1.29 is 0 Å². The first-order valence-electron chi connectivity index (χ1n) is 5.59. The van der Waals surface area contributed by atoms with Crippen molar-refractivity contribution in [2.75, 3.05) is 0 Å². The van der Waals surface area contributed by atoms with E-state index in [1.54, 1.807) is 0 Å². The fourth-order valence-corrected chi connectivity index (χ4v) is 2.58. The molecule has 72 valence electrons. The van der Waals surface area contributed by atoms with Gasteiger partial charge in [-0.1, -0.05) is 40.5 Å². The van der Waals surface area contributed by atoms with Gasteiger partial charge in [-0.3, -0.25) is 0 Å². The third kappa shape index (κ3) is 2.80. The molecule has 0 heterocycles. The summed E-state index contributed by atoms with van der Waals surface area (Å²) in [6.45, 7) is 9.57. The van der Waals surface area contributed by atoms with Gasteiger partial charge in [0.25, 0.3) is 0 Å². The molecular formula is C12H24. The first-order chi connectivity index (χ1) is 5.59. The molecule has 12 heavy (non-hydrogen) atoms. The summed E-state index contributed by atoms with van der Waals surface area (Å²) in [5.74, 6) is 3.89. The zero-order chi connectivity index (χ0) is 9.14. The van der Waals surface area contributed by atoms with E-state index in [1.807, 2.05) is 0 Å². The molecule has 0 heteroatoms. The standard InChI is InChI=1S/C12H24/c1-9(2)7-12-8-10(3)5-6-11(12)4/h9-12H,5-8H2,1-4H3/t10-,11-,12?/m1/s1. The third-order valence-corrected chi connectivity index (χ3v) is 3.40. The Kier molecular flexibility index (Phi) is 3.61. The van der Waals surface area contributed by atoms with Crippen LogP contribution in [0.25, 0.3) is 0 Å². The lowest BCUT2D eigenvalue weighted by Crippen LogP contribution is -2.22. The van der Waals surface area contributed by atoms with Crippen molar-refractivity contribution in [1.29, 1.82) is 0 Å². The minimum Gasteiger partial charge on any atom is -0.0628 e. The summed E-state index contributed by atoms with van der Waals surface area (Å²) in [4.78, 5) is 0. The van der Waals surface area contributed by atoms with Crippen LogP contribution < -0.4 is 0 Å². The summed E-state index contributed by atoms with van der Waals surface area (Å²) in [5.41, 5.74) is 0. The Morgan fingerprint density at radius 2 is 1.83 bits per heavy atom. The molecule has 1 fully saturated rings. The van der Waals surface area contributed by atoms with E-state index >= 15 is 0 Å². The van der Waals surface area contributed by atoms with Crippen LogP contribution in [0.4, 0.5) is 0 Å². The second kappa shape index (κ2) is 4.30. The summed E-state index contributed by atoms with van der Waals surface area (Å²) in [7, 11) is 0. The van der Waals surface area contributed by atoms with Gasteiger partial charge in [0.1, 0.15) is 0 Å². The van der Waals surface area contributed by atoms with Gasteiger partial charge in [-0.2, -0.15) is 0 Å². The molecular weight excluding hydrogens is 144 g/mol. The van der Waals surface area contributed by atoms with Gasteiger partial charge in [-0.05, 0) is 36.5 Å². The second-order valence-corrected chi connectivity index (χ2v) is 5.29. The highest BCUT2D eigenvalue weighted by Gasteiger charge is 2.25. The summed E-state index contributed by atoms with van der Waals surface area (Å²) >= 11 is 0.